The van der Waals surface area contributed by atoms with Crippen LogP contribution in [-0.2, 0) is 4.74 Å². The van der Waals surface area contributed by atoms with E-state index in [0.717, 1.165) is 37.6 Å². The van der Waals surface area contributed by atoms with Gasteiger partial charge in [0.25, 0.3) is 0 Å². The van der Waals surface area contributed by atoms with E-state index in [1.54, 1.807) is 6.07 Å². The lowest BCUT2D eigenvalue weighted by Gasteiger charge is -2.55. The standard InChI is InChI=1S/C13H16N2O3/c1-8-3-10(12(16)17)11(14-9(8)2)15-4-13(5-15)6-18-7-13/h3H,4-7H2,1-2H3,(H,16,17). The molecule has 2 fully saturated rings. The van der Waals surface area contributed by atoms with Gasteiger partial charge in [-0.25, -0.2) is 9.78 Å². The van der Waals surface area contributed by atoms with Crippen LogP contribution in [0.25, 0.3) is 0 Å². The lowest BCUT2D eigenvalue weighted by Crippen LogP contribution is -2.66. The van der Waals surface area contributed by atoms with Crippen LogP contribution in [0, 0.1) is 19.3 Å². The third-order valence-corrected chi connectivity index (χ3v) is 3.85. The molecule has 0 amide bonds. The molecule has 3 rings (SSSR count). The summed E-state index contributed by atoms with van der Waals surface area (Å²) in [6.45, 7) is 7.07. The number of ether oxygens (including phenoxy) is 1. The number of hydrogen-bond donors (Lipinski definition) is 1. The van der Waals surface area contributed by atoms with Crippen molar-refractivity contribution in [1.29, 1.82) is 0 Å². The Morgan fingerprint density at radius 2 is 2.11 bits per heavy atom. The molecule has 0 radical (unpaired) electrons. The molecule has 2 aliphatic rings. The molecule has 5 nitrogen and oxygen atoms in total. The van der Waals surface area contributed by atoms with E-state index in [9.17, 15) is 9.90 Å². The van der Waals surface area contributed by atoms with E-state index < -0.39 is 5.97 Å². The smallest absolute Gasteiger partial charge is 0.339 e. The topological polar surface area (TPSA) is 62.7 Å². The minimum absolute atomic E-state index is 0.260. The van der Waals surface area contributed by atoms with Crippen molar-refractivity contribution in [2.75, 3.05) is 31.2 Å². The molecular formula is C13H16N2O3. The first kappa shape index (κ1) is 11.5. The Kier molecular flexibility index (Phi) is 2.35. The number of aromatic nitrogens is 1. The molecule has 18 heavy (non-hydrogen) atoms. The summed E-state index contributed by atoms with van der Waals surface area (Å²) < 4.78 is 5.22. The Balaban J connectivity index is 1.91. The Bertz CT molecular complexity index is 515. The molecule has 0 bridgehead atoms. The van der Waals surface area contributed by atoms with Crippen molar-refractivity contribution in [2.24, 2.45) is 5.41 Å². The number of rotatable bonds is 2. The molecule has 1 aromatic rings. The zero-order valence-corrected chi connectivity index (χ0v) is 10.6. The molecule has 2 saturated heterocycles. The molecule has 0 aliphatic carbocycles. The van der Waals surface area contributed by atoms with Gasteiger partial charge in [0.15, 0.2) is 0 Å². The largest absolute Gasteiger partial charge is 0.478 e. The Morgan fingerprint density at radius 3 is 2.61 bits per heavy atom. The number of nitrogens with zero attached hydrogens (tertiary/aromatic N) is 2. The number of hydrogen-bond acceptors (Lipinski definition) is 4. The molecule has 0 atom stereocenters. The van der Waals surface area contributed by atoms with Crippen LogP contribution >= 0.6 is 0 Å². The molecule has 0 saturated carbocycles. The predicted molar refractivity (Wildman–Crippen MR) is 66.1 cm³/mol. The molecular weight excluding hydrogens is 232 g/mol. The summed E-state index contributed by atoms with van der Waals surface area (Å²) in [6, 6.07) is 1.71. The monoisotopic (exact) mass is 248 g/mol. The maximum absolute atomic E-state index is 11.3. The quantitative estimate of drug-likeness (QED) is 0.853. The maximum Gasteiger partial charge on any atom is 0.339 e. The average Bonchev–Trinajstić information content (AvgIpc) is 2.18. The van der Waals surface area contributed by atoms with Crippen LogP contribution in [0.4, 0.5) is 5.82 Å². The van der Waals surface area contributed by atoms with E-state index in [4.69, 9.17) is 4.74 Å². The highest BCUT2D eigenvalue weighted by atomic mass is 16.5. The zero-order chi connectivity index (χ0) is 12.9. The minimum atomic E-state index is -0.911. The number of pyridine rings is 1. The zero-order valence-electron chi connectivity index (χ0n) is 10.6. The molecule has 0 aromatic carbocycles. The van der Waals surface area contributed by atoms with E-state index in [0.29, 0.717) is 11.4 Å². The summed E-state index contributed by atoms with van der Waals surface area (Å²) >= 11 is 0. The van der Waals surface area contributed by atoms with E-state index in [1.165, 1.54) is 0 Å². The third-order valence-electron chi connectivity index (χ3n) is 3.85. The van der Waals surface area contributed by atoms with Crippen LogP contribution in [0.2, 0.25) is 0 Å². The molecule has 1 aromatic heterocycles. The van der Waals surface area contributed by atoms with Crippen LogP contribution < -0.4 is 4.90 Å². The fourth-order valence-corrected chi connectivity index (χ4v) is 2.58. The van der Waals surface area contributed by atoms with Gasteiger partial charge in [-0.15, -0.1) is 0 Å². The SMILES string of the molecule is Cc1cc(C(=O)O)c(N2CC3(COC3)C2)nc1C. The summed E-state index contributed by atoms with van der Waals surface area (Å²) in [6.07, 6.45) is 0. The van der Waals surface area contributed by atoms with Gasteiger partial charge >= 0.3 is 5.97 Å². The van der Waals surface area contributed by atoms with E-state index in [2.05, 4.69) is 4.98 Å². The van der Waals surface area contributed by atoms with Crippen LogP contribution in [0.1, 0.15) is 21.6 Å². The van der Waals surface area contributed by atoms with Gasteiger partial charge in [-0.3, -0.25) is 0 Å². The van der Waals surface area contributed by atoms with Crippen LogP contribution in [0.5, 0.6) is 0 Å². The van der Waals surface area contributed by atoms with Crippen molar-refractivity contribution in [2.45, 2.75) is 13.8 Å². The second kappa shape index (κ2) is 3.68. The number of carbonyl (C=O) groups is 1. The first-order chi connectivity index (χ1) is 8.51. The van der Waals surface area contributed by atoms with Crippen LogP contribution in [-0.4, -0.2) is 42.4 Å². The van der Waals surface area contributed by atoms with Crippen LogP contribution in [0.15, 0.2) is 6.07 Å². The van der Waals surface area contributed by atoms with Crippen LogP contribution in [0.3, 0.4) is 0 Å². The summed E-state index contributed by atoms with van der Waals surface area (Å²) in [5, 5.41) is 9.26. The first-order valence-corrected chi connectivity index (χ1v) is 6.05. The summed E-state index contributed by atoms with van der Waals surface area (Å²) in [7, 11) is 0. The molecule has 5 heteroatoms. The Labute approximate surface area is 105 Å². The maximum atomic E-state index is 11.3. The summed E-state index contributed by atoms with van der Waals surface area (Å²) in [5.74, 6) is -0.311. The molecule has 3 heterocycles. The van der Waals surface area contributed by atoms with Gasteiger partial charge in [-0.1, -0.05) is 0 Å². The van der Waals surface area contributed by atoms with Crippen molar-refractivity contribution in [3.63, 3.8) is 0 Å². The minimum Gasteiger partial charge on any atom is -0.478 e. The molecule has 0 unspecified atom stereocenters. The van der Waals surface area contributed by atoms with E-state index >= 15 is 0 Å². The normalized spacial score (nSPS) is 20.4. The summed E-state index contributed by atoms with van der Waals surface area (Å²) in [5.41, 5.74) is 2.36. The number of aryl methyl sites for hydroxylation is 2. The highest BCUT2D eigenvalue weighted by molar-refractivity contribution is 5.93. The lowest BCUT2D eigenvalue weighted by atomic mass is 9.78. The van der Waals surface area contributed by atoms with Crippen molar-refractivity contribution in [3.05, 3.63) is 22.9 Å². The molecule has 96 valence electrons. The number of aromatic carboxylic acids is 1. The lowest BCUT2D eigenvalue weighted by molar-refractivity contribution is -0.127. The Morgan fingerprint density at radius 1 is 1.44 bits per heavy atom. The van der Waals surface area contributed by atoms with E-state index in [1.807, 2.05) is 18.7 Å². The molecule has 1 N–H and O–H groups in total. The van der Waals surface area contributed by atoms with Crippen molar-refractivity contribution < 1.29 is 14.6 Å². The predicted octanol–water partition coefficient (Wildman–Crippen LogP) is 1.23. The highest BCUT2D eigenvalue weighted by Crippen LogP contribution is 2.40. The van der Waals surface area contributed by atoms with Gasteiger partial charge in [0.05, 0.1) is 18.6 Å². The van der Waals surface area contributed by atoms with E-state index in [-0.39, 0.29) is 5.41 Å². The number of carboxylic acid groups (broad SMARTS) is 1. The van der Waals surface area contributed by atoms with Crippen molar-refractivity contribution in [1.82, 2.24) is 4.98 Å². The highest BCUT2D eigenvalue weighted by Gasteiger charge is 2.50. The molecule has 2 aliphatic heterocycles. The first-order valence-electron chi connectivity index (χ1n) is 6.05. The second-order valence-electron chi connectivity index (χ2n) is 5.42. The van der Waals surface area contributed by atoms with Gasteiger partial charge in [0.2, 0.25) is 0 Å². The van der Waals surface area contributed by atoms with Gasteiger partial charge in [-0.05, 0) is 25.5 Å². The fraction of sp³-hybridized carbons (Fsp3) is 0.538. The summed E-state index contributed by atoms with van der Waals surface area (Å²) in [4.78, 5) is 17.8. The van der Waals surface area contributed by atoms with Crippen molar-refractivity contribution >= 4 is 11.8 Å². The fourth-order valence-electron chi connectivity index (χ4n) is 2.58. The van der Waals surface area contributed by atoms with Gasteiger partial charge in [-0.2, -0.15) is 0 Å². The number of carboxylic acids is 1. The number of anilines is 1. The third kappa shape index (κ3) is 1.58. The van der Waals surface area contributed by atoms with Gasteiger partial charge < -0.3 is 14.7 Å². The second-order valence-corrected chi connectivity index (χ2v) is 5.42. The van der Waals surface area contributed by atoms with Gasteiger partial charge in [0, 0.05) is 18.8 Å². The van der Waals surface area contributed by atoms with Crippen molar-refractivity contribution in [3.8, 4) is 0 Å². The molecule has 1 spiro atoms. The average molecular weight is 248 g/mol. The Hall–Kier alpha value is -1.62. The van der Waals surface area contributed by atoms with Gasteiger partial charge in [0.1, 0.15) is 11.4 Å².